The van der Waals surface area contributed by atoms with Crippen molar-refractivity contribution in [2.75, 3.05) is 0 Å². The maximum Gasteiger partial charge on any atom is 0.0982 e. The second-order valence-corrected chi connectivity index (χ2v) is 3.32. The molecular formula is C10H10ClN3. The summed E-state index contributed by atoms with van der Waals surface area (Å²) in [6.45, 7) is 0. The van der Waals surface area contributed by atoms with Gasteiger partial charge in [-0.05, 0) is 12.1 Å². The van der Waals surface area contributed by atoms with E-state index in [-0.39, 0.29) is 0 Å². The van der Waals surface area contributed by atoms with Crippen molar-refractivity contribution in [1.82, 2.24) is 14.8 Å². The van der Waals surface area contributed by atoms with Gasteiger partial charge in [0.25, 0.3) is 0 Å². The first kappa shape index (κ1) is 9.21. The summed E-state index contributed by atoms with van der Waals surface area (Å²) in [6, 6.07) is 3.87. The molecule has 0 aliphatic rings. The molecule has 2 aromatic heterocycles. The van der Waals surface area contributed by atoms with Crippen LogP contribution in [-0.2, 0) is 12.9 Å². The maximum atomic E-state index is 5.82. The maximum absolute atomic E-state index is 5.82. The zero-order valence-electron chi connectivity index (χ0n) is 7.81. The van der Waals surface area contributed by atoms with Crippen molar-refractivity contribution >= 4 is 11.6 Å². The zero-order valence-corrected chi connectivity index (χ0v) is 8.57. The predicted molar refractivity (Wildman–Crippen MR) is 56.0 cm³/mol. The first-order chi connectivity index (χ1) is 6.81. The van der Waals surface area contributed by atoms with Crippen molar-refractivity contribution in [3.63, 3.8) is 0 Å². The first-order valence-electron chi connectivity index (χ1n) is 4.30. The van der Waals surface area contributed by atoms with Gasteiger partial charge in [0.05, 0.1) is 11.6 Å². The topological polar surface area (TPSA) is 30.7 Å². The minimum Gasteiger partial charge on any atom is -0.275 e. The van der Waals surface area contributed by atoms with E-state index in [1.165, 1.54) is 0 Å². The number of nitrogens with zero attached hydrogens (tertiary/aromatic N) is 3. The fourth-order valence-corrected chi connectivity index (χ4v) is 1.58. The molecule has 0 saturated heterocycles. The molecule has 4 heteroatoms. The highest BCUT2D eigenvalue weighted by Gasteiger charge is 2.08. The summed E-state index contributed by atoms with van der Waals surface area (Å²) < 4.78 is 1.76. The number of alkyl halides is 1. The average Bonchev–Trinajstić information content (AvgIpc) is 2.61. The SMILES string of the molecule is Cn1cc(CCl)c(-c2cccnc2)n1. The molecule has 2 rings (SSSR count). The summed E-state index contributed by atoms with van der Waals surface area (Å²) in [4.78, 5) is 4.05. The summed E-state index contributed by atoms with van der Waals surface area (Å²) >= 11 is 5.82. The Morgan fingerprint density at radius 3 is 3.00 bits per heavy atom. The lowest BCUT2D eigenvalue weighted by molar-refractivity contribution is 0.770. The van der Waals surface area contributed by atoms with Gasteiger partial charge in [-0.3, -0.25) is 9.67 Å². The summed E-state index contributed by atoms with van der Waals surface area (Å²) in [7, 11) is 1.88. The van der Waals surface area contributed by atoms with Crippen molar-refractivity contribution in [3.8, 4) is 11.3 Å². The molecule has 0 N–H and O–H groups in total. The Morgan fingerprint density at radius 1 is 1.50 bits per heavy atom. The van der Waals surface area contributed by atoms with Crippen molar-refractivity contribution in [2.24, 2.45) is 7.05 Å². The van der Waals surface area contributed by atoms with Gasteiger partial charge in [0.15, 0.2) is 0 Å². The summed E-state index contributed by atoms with van der Waals surface area (Å²) in [6.07, 6.45) is 5.46. The normalized spacial score (nSPS) is 10.4. The summed E-state index contributed by atoms with van der Waals surface area (Å²) in [5.74, 6) is 0.470. The Morgan fingerprint density at radius 2 is 2.36 bits per heavy atom. The molecule has 0 fully saturated rings. The molecule has 0 aliphatic carbocycles. The molecule has 2 heterocycles. The molecule has 0 unspecified atom stereocenters. The Hall–Kier alpha value is -1.35. The van der Waals surface area contributed by atoms with E-state index in [2.05, 4.69) is 10.1 Å². The van der Waals surface area contributed by atoms with Crippen LogP contribution in [0.3, 0.4) is 0 Å². The summed E-state index contributed by atoms with van der Waals surface area (Å²) in [5.41, 5.74) is 2.95. The molecule has 0 bridgehead atoms. The second-order valence-electron chi connectivity index (χ2n) is 3.05. The molecule has 14 heavy (non-hydrogen) atoms. The molecular weight excluding hydrogens is 198 g/mol. The average molecular weight is 208 g/mol. The van der Waals surface area contributed by atoms with E-state index >= 15 is 0 Å². The highest BCUT2D eigenvalue weighted by atomic mass is 35.5. The lowest BCUT2D eigenvalue weighted by Gasteiger charge is -1.97. The molecule has 3 nitrogen and oxygen atoms in total. The van der Waals surface area contributed by atoms with Gasteiger partial charge in [-0.15, -0.1) is 11.6 Å². The van der Waals surface area contributed by atoms with Gasteiger partial charge < -0.3 is 0 Å². The number of aromatic nitrogens is 3. The van der Waals surface area contributed by atoms with Gasteiger partial charge in [0.2, 0.25) is 0 Å². The van der Waals surface area contributed by atoms with Crippen molar-refractivity contribution in [1.29, 1.82) is 0 Å². The van der Waals surface area contributed by atoms with Crippen LogP contribution < -0.4 is 0 Å². The van der Waals surface area contributed by atoms with E-state index in [9.17, 15) is 0 Å². The van der Waals surface area contributed by atoms with Crippen LogP contribution in [-0.4, -0.2) is 14.8 Å². The molecule has 72 valence electrons. The van der Waals surface area contributed by atoms with E-state index in [0.717, 1.165) is 16.8 Å². The molecule has 0 atom stereocenters. The van der Waals surface area contributed by atoms with Gasteiger partial charge in [-0.25, -0.2) is 0 Å². The standard InChI is InChI=1S/C10H10ClN3/c1-14-7-9(5-11)10(13-14)8-3-2-4-12-6-8/h2-4,6-7H,5H2,1H3. The van der Waals surface area contributed by atoms with Gasteiger partial charge >= 0.3 is 0 Å². The Labute approximate surface area is 87.3 Å². The van der Waals surface area contributed by atoms with Gasteiger partial charge in [0.1, 0.15) is 0 Å². The third-order valence-electron chi connectivity index (χ3n) is 1.98. The monoisotopic (exact) mass is 207 g/mol. The van der Waals surface area contributed by atoms with Gasteiger partial charge in [-0.1, -0.05) is 0 Å². The highest BCUT2D eigenvalue weighted by Crippen LogP contribution is 2.21. The van der Waals surface area contributed by atoms with Crippen LogP contribution in [0.4, 0.5) is 0 Å². The molecule has 0 aromatic carbocycles. The fourth-order valence-electron chi connectivity index (χ4n) is 1.38. The smallest absolute Gasteiger partial charge is 0.0982 e. The molecule has 0 amide bonds. The first-order valence-corrected chi connectivity index (χ1v) is 4.83. The third kappa shape index (κ3) is 1.63. The van der Waals surface area contributed by atoms with Crippen molar-refractivity contribution < 1.29 is 0 Å². The molecule has 0 saturated carbocycles. The van der Waals surface area contributed by atoms with Crippen LogP contribution in [0.2, 0.25) is 0 Å². The quantitative estimate of drug-likeness (QED) is 0.707. The van der Waals surface area contributed by atoms with Crippen LogP contribution >= 0.6 is 11.6 Å². The third-order valence-corrected chi connectivity index (χ3v) is 2.27. The van der Waals surface area contributed by atoms with Crippen molar-refractivity contribution in [3.05, 3.63) is 36.3 Å². The number of hydrogen-bond donors (Lipinski definition) is 0. The van der Waals surface area contributed by atoms with E-state index in [1.54, 1.807) is 17.1 Å². The lowest BCUT2D eigenvalue weighted by atomic mass is 10.1. The second kappa shape index (κ2) is 3.80. The van der Waals surface area contributed by atoms with Crippen LogP contribution in [0.15, 0.2) is 30.7 Å². The largest absolute Gasteiger partial charge is 0.275 e. The molecule has 0 radical (unpaired) electrons. The Balaban J connectivity index is 2.51. The van der Waals surface area contributed by atoms with Gasteiger partial charge in [-0.2, -0.15) is 5.10 Å². The number of hydrogen-bond acceptors (Lipinski definition) is 2. The molecule has 2 aromatic rings. The van der Waals surface area contributed by atoms with E-state index in [1.807, 2.05) is 25.4 Å². The Kier molecular flexibility index (Phi) is 2.50. The number of rotatable bonds is 2. The van der Waals surface area contributed by atoms with Crippen molar-refractivity contribution in [2.45, 2.75) is 5.88 Å². The number of pyridine rings is 1. The fraction of sp³-hybridized carbons (Fsp3) is 0.200. The van der Waals surface area contributed by atoms with E-state index in [0.29, 0.717) is 5.88 Å². The minimum atomic E-state index is 0.470. The molecule has 0 spiro atoms. The van der Waals surface area contributed by atoms with E-state index < -0.39 is 0 Å². The number of halogens is 1. The van der Waals surface area contributed by atoms with Crippen LogP contribution in [0.1, 0.15) is 5.56 Å². The Bertz CT molecular complexity index is 422. The van der Waals surface area contributed by atoms with Crippen LogP contribution in [0.5, 0.6) is 0 Å². The minimum absolute atomic E-state index is 0.470. The predicted octanol–water partition coefficient (Wildman–Crippen LogP) is 2.22. The lowest BCUT2D eigenvalue weighted by Crippen LogP contribution is -1.88. The number of aryl methyl sites for hydroxylation is 1. The van der Waals surface area contributed by atoms with Crippen LogP contribution in [0, 0.1) is 0 Å². The molecule has 0 aliphatic heterocycles. The van der Waals surface area contributed by atoms with Gasteiger partial charge in [0, 0.05) is 36.8 Å². The zero-order chi connectivity index (χ0) is 9.97. The van der Waals surface area contributed by atoms with E-state index in [4.69, 9.17) is 11.6 Å². The highest BCUT2D eigenvalue weighted by molar-refractivity contribution is 6.17. The van der Waals surface area contributed by atoms with Crippen LogP contribution in [0.25, 0.3) is 11.3 Å². The summed E-state index contributed by atoms with van der Waals surface area (Å²) in [5, 5.41) is 4.34.